The Morgan fingerprint density at radius 1 is 1.53 bits per heavy atom. The molecule has 1 atom stereocenters. The molecule has 0 aromatic rings. The zero-order valence-electron chi connectivity index (χ0n) is 9.02. The number of hydrogen-bond acceptors (Lipinski definition) is 3. The molecule has 0 aromatic carbocycles. The van der Waals surface area contributed by atoms with E-state index in [-0.39, 0.29) is 6.54 Å². The second-order valence-electron chi connectivity index (χ2n) is 3.30. The summed E-state index contributed by atoms with van der Waals surface area (Å²) in [4.78, 5) is 14.6. The fourth-order valence-electron chi connectivity index (χ4n) is 1.03. The number of hydrogen-bond donors (Lipinski definition) is 3. The van der Waals surface area contributed by atoms with Crippen LogP contribution in [-0.2, 0) is 4.79 Å². The van der Waals surface area contributed by atoms with E-state index in [0.29, 0.717) is 25.2 Å². The highest BCUT2D eigenvalue weighted by Crippen LogP contribution is 2.05. The zero-order valence-corrected chi connectivity index (χ0v) is 9.02. The monoisotopic (exact) mass is 213 g/mol. The molecule has 0 saturated carbocycles. The molecule has 86 valence electrons. The highest BCUT2D eigenvalue weighted by molar-refractivity contribution is 5.77. The van der Waals surface area contributed by atoms with Crippen LogP contribution in [0.5, 0.6) is 0 Å². The van der Waals surface area contributed by atoms with Gasteiger partial charge in [-0.25, -0.2) is 0 Å². The molecule has 0 aliphatic heterocycles. The standard InChI is InChI=1S/C10H19N3O2/c1-8(12)13-6-4-2-3-5-9(7-11)10(14)15/h2,4,9H,3,5-7,11H2,1H3,(H2,12,13)(H,14,15)/b4-2-/t9-/m0/s1. The van der Waals surface area contributed by atoms with Crippen molar-refractivity contribution in [2.24, 2.45) is 22.4 Å². The summed E-state index contributed by atoms with van der Waals surface area (Å²) in [6, 6.07) is 0. The lowest BCUT2D eigenvalue weighted by Crippen LogP contribution is -2.22. The minimum atomic E-state index is -0.832. The topological polar surface area (TPSA) is 102 Å². The van der Waals surface area contributed by atoms with Crippen molar-refractivity contribution in [2.75, 3.05) is 13.1 Å². The fourth-order valence-corrected chi connectivity index (χ4v) is 1.03. The van der Waals surface area contributed by atoms with Crippen molar-refractivity contribution in [1.82, 2.24) is 0 Å². The Morgan fingerprint density at radius 3 is 2.67 bits per heavy atom. The Hall–Kier alpha value is -1.36. The first-order chi connectivity index (χ1) is 7.07. The molecule has 5 heteroatoms. The number of amidine groups is 1. The van der Waals surface area contributed by atoms with Gasteiger partial charge < -0.3 is 16.6 Å². The Labute approximate surface area is 89.9 Å². The molecule has 0 heterocycles. The van der Waals surface area contributed by atoms with E-state index in [1.807, 2.05) is 12.2 Å². The molecular weight excluding hydrogens is 194 g/mol. The van der Waals surface area contributed by atoms with Crippen LogP contribution in [0.25, 0.3) is 0 Å². The normalized spacial score (nSPS) is 14.4. The van der Waals surface area contributed by atoms with Gasteiger partial charge in [0.15, 0.2) is 0 Å². The molecule has 5 N–H and O–H groups in total. The number of aliphatic imine (C=N–C) groups is 1. The van der Waals surface area contributed by atoms with Crippen molar-refractivity contribution in [3.05, 3.63) is 12.2 Å². The lowest BCUT2D eigenvalue weighted by atomic mass is 10.0. The van der Waals surface area contributed by atoms with E-state index in [1.165, 1.54) is 0 Å². The van der Waals surface area contributed by atoms with Crippen molar-refractivity contribution < 1.29 is 9.90 Å². The minimum absolute atomic E-state index is 0.184. The van der Waals surface area contributed by atoms with Crippen LogP contribution >= 0.6 is 0 Å². The smallest absolute Gasteiger partial charge is 0.307 e. The molecule has 0 aromatic heterocycles. The zero-order chi connectivity index (χ0) is 11.7. The van der Waals surface area contributed by atoms with Gasteiger partial charge in [-0.05, 0) is 19.8 Å². The summed E-state index contributed by atoms with van der Waals surface area (Å²) in [7, 11) is 0. The van der Waals surface area contributed by atoms with E-state index in [4.69, 9.17) is 16.6 Å². The highest BCUT2D eigenvalue weighted by Gasteiger charge is 2.13. The molecule has 0 aliphatic rings. The Morgan fingerprint density at radius 2 is 2.20 bits per heavy atom. The summed E-state index contributed by atoms with van der Waals surface area (Å²) in [5.74, 6) is -0.735. The quantitative estimate of drug-likeness (QED) is 0.323. The molecule has 5 nitrogen and oxygen atoms in total. The van der Waals surface area contributed by atoms with E-state index in [1.54, 1.807) is 6.92 Å². The first kappa shape index (κ1) is 13.6. The first-order valence-corrected chi connectivity index (χ1v) is 4.92. The van der Waals surface area contributed by atoms with Gasteiger partial charge in [0, 0.05) is 6.54 Å². The van der Waals surface area contributed by atoms with Crippen LogP contribution in [0.4, 0.5) is 0 Å². The maximum absolute atomic E-state index is 10.6. The lowest BCUT2D eigenvalue weighted by Gasteiger charge is -2.06. The summed E-state index contributed by atoms with van der Waals surface area (Å²) in [6.45, 7) is 2.45. The molecule has 0 unspecified atom stereocenters. The molecule has 0 aliphatic carbocycles. The van der Waals surface area contributed by atoms with Crippen LogP contribution in [0.2, 0.25) is 0 Å². The van der Waals surface area contributed by atoms with Crippen molar-refractivity contribution in [3.8, 4) is 0 Å². The maximum atomic E-state index is 10.6. The van der Waals surface area contributed by atoms with E-state index in [0.717, 1.165) is 0 Å². The van der Waals surface area contributed by atoms with Crippen molar-refractivity contribution in [1.29, 1.82) is 0 Å². The summed E-state index contributed by atoms with van der Waals surface area (Å²) in [6.07, 6.45) is 5.03. The number of nitrogens with zero attached hydrogens (tertiary/aromatic N) is 1. The third kappa shape index (κ3) is 7.69. The van der Waals surface area contributed by atoms with Crippen molar-refractivity contribution in [3.63, 3.8) is 0 Å². The summed E-state index contributed by atoms with van der Waals surface area (Å²) < 4.78 is 0. The van der Waals surface area contributed by atoms with Crippen molar-refractivity contribution >= 4 is 11.8 Å². The lowest BCUT2D eigenvalue weighted by molar-refractivity contribution is -0.141. The molecule has 15 heavy (non-hydrogen) atoms. The van der Waals surface area contributed by atoms with Gasteiger partial charge in [-0.1, -0.05) is 12.2 Å². The van der Waals surface area contributed by atoms with Crippen LogP contribution in [-0.4, -0.2) is 30.0 Å². The third-order valence-electron chi connectivity index (χ3n) is 1.93. The minimum Gasteiger partial charge on any atom is -0.481 e. The third-order valence-corrected chi connectivity index (χ3v) is 1.93. The summed E-state index contributed by atoms with van der Waals surface area (Å²) >= 11 is 0. The van der Waals surface area contributed by atoms with Crippen LogP contribution in [0.15, 0.2) is 17.1 Å². The average Bonchev–Trinajstić information content (AvgIpc) is 2.15. The summed E-state index contributed by atoms with van der Waals surface area (Å²) in [5.41, 5.74) is 10.6. The van der Waals surface area contributed by atoms with Gasteiger partial charge in [-0.15, -0.1) is 0 Å². The number of nitrogens with two attached hydrogens (primary N) is 2. The Bertz CT molecular complexity index is 245. The van der Waals surface area contributed by atoms with Gasteiger partial charge in [0.1, 0.15) is 0 Å². The van der Waals surface area contributed by atoms with Gasteiger partial charge in [-0.3, -0.25) is 9.79 Å². The molecule has 0 bridgehead atoms. The number of allylic oxidation sites excluding steroid dienone is 1. The molecular formula is C10H19N3O2. The second-order valence-corrected chi connectivity index (χ2v) is 3.30. The number of rotatable bonds is 7. The van der Waals surface area contributed by atoms with E-state index in [9.17, 15) is 4.79 Å². The van der Waals surface area contributed by atoms with Gasteiger partial charge in [0.2, 0.25) is 0 Å². The molecule has 0 amide bonds. The van der Waals surface area contributed by atoms with Crippen LogP contribution in [0, 0.1) is 5.92 Å². The van der Waals surface area contributed by atoms with Crippen LogP contribution < -0.4 is 11.5 Å². The Kier molecular flexibility index (Phi) is 7.27. The Balaban J connectivity index is 3.68. The van der Waals surface area contributed by atoms with E-state index >= 15 is 0 Å². The van der Waals surface area contributed by atoms with E-state index < -0.39 is 11.9 Å². The van der Waals surface area contributed by atoms with Crippen molar-refractivity contribution in [2.45, 2.75) is 19.8 Å². The highest BCUT2D eigenvalue weighted by atomic mass is 16.4. The van der Waals surface area contributed by atoms with Crippen LogP contribution in [0.1, 0.15) is 19.8 Å². The number of carboxylic acids is 1. The molecule has 0 fully saturated rings. The second kappa shape index (κ2) is 7.99. The molecule has 0 rings (SSSR count). The maximum Gasteiger partial charge on any atom is 0.307 e. The SMILES string of the molecule is CC(N)=NC/C=C\CC[C@@H](CN)C(=O)O. The van der Waals surface area contributed by atoms with E-state index in [2.05, 4.69) is 4.99 Å². The molecule has 0 radical (unpaired) electrons. The van der Waals surface area contributed by atoms with Gasteiger partial charge >= 0.3 is 5.97 Å². The van der Waals surface area contributed by atoms with Crippen LogP contribution in [0.3, 0.4) is 0 Å². The summed E-state index contributed by atoms with van der Waals surface area (Å²) in [5, 5.41) is 8.71. The number of aliphatic carboxylic acids is 1. The fraction of sp³-hybridized carbons (Fsp3) is 0.600. The van der Waals surface area contributed by atoms with Gasteiger partial charge in [0.25, 0.3) is 0 Å². The number of carboxylic acid groups (broad SMARTS) is 1. The number of carbonyl (C=O) groups is 1. The van der Waals surface area contributed by atoms with Gasteiger partial charge in [-0.2, -0.15) is 0 Å². The van der Waals surface area contributed by atoms with Gasteiger partial charge in [0.05, 0.1) is 18.3 Å². The largest absolute Gasteiger partial charge is 0.481 e. The molecule has 0 spiro atoms. The first-order valence-electron chi connectivity index (χ1n) is 4.92. The predicted molar refractivity (Wildman–Crippen MR) is 60.7 cm³/mol. The molecule has 0 saturated heterocycles. The average molecular weight is 213 g/mol. The predicted octanol–water partition coefficient (Wildman–Crippen LogP) is 0.359.